The molecule has 0 saturated heterocycles. The Morgan fingerprint density at radius 2 is 2.00 bits per heavy atom. The topological polar surface area (TPSA) is 0 Å². The maximum Gasteiger partial charge on any atom is 0.0334 e. The van der Waals surface area contributed by atoms with Crippen LogP contribution in [-0.4, -0.2) is 0 Å². The molecule has 0 amide bonds. The molecule has 60 valence electrons. The van der Waals surface area contributed by atoms with Crippen LogP contribution in [0, 0.1) is 10.5 Å². The molecule has 1 aromatic carbocycles. The highest BCUT2D eigenvalue weighted by atomic mass is 127. The lowest BCUT2D eigenvalue weighted by Crippen LogP contribution is -1.90. The van der Waals surface area contributed by atoms with Crippen molar-refractivity contribution in [2.24, 2.45) is 0 Å². The molecule has 0 aliphatic carbocycles. The van der Waals surface area contributed by atoms with E-state index in [4.69, 9.17) is 0 Å². The number of hydrogen-bond donors (Lipinski definition) is 0. The highest BCUT2D eigenvalue weighted by Crippen LogP contribution is 2.27. The number of rotatable bonds is 1. The second-order valence-corrected chi connectivity index (χ2v) is 5.60. The van der Waals surface area contributed by atoms with Crippen molar-refractivity contribution in [3.05, 3.63) is 32.9 Å². The van der Waals surface area contributed by atoms with Gasteiger partial charge in [0.15, 0.2) is 0 Å². The van der Waals surface area contributed by atoms with Gasteiger partial charge in [-0.3, -0.25) is 0 Å². The van der Waals surface area contributed by atoms with E-state index >= 15 is 0 Å². The first-order chi connectivity index (χ1) is 5.13. The van der Waals surface area contributed by atoms with Crippen LogP contribution in [-0.2, 0) is 0 Å². The van der Waals surface area contributed by atoms with Crippen LogP contribution >= 0.6 is 45.2 Å². The van der Waals surface area contributed by atoms with Crippen molar-refractivity contribution in [3.8, 4) is 0 Å². The van der Waals surface area contributed by atoms with Crippen molar-refractivity contribution in [2.45, 2.75) is 17.8 Å². The molecule has 0 radical (unpaired) electrons. The fourth-order valence-electron chi connectivity index (χ4n) is 1.06. The highest BCUT2D eigenvalue weighted by molar-refractivity contribution is 14.1. The molecule has 0 unspecified atom stereocenters. The third-order valence-corrected chi connectivity index (χ3v) is 3.58. The molecule has 0 aliphatic heterocycles. The fraction of sp³-hybridized carbons (Fsp3) is 0.333. The fourth-order valence-corrected chi connectivity index (χ4v) is 2.25. The van der Waals surface area contributed by atoms with E-state index < -0.39 is 0 Å². The first kappa shape index (κ1) is 9.77. The molecule has 11 heavy (non-hydrogen) atoms. The third-order valence-electron chi connectivity index (χ3n) is 1.74. The monoisotopic (exact) mass is 372 g/mol. The van der Waals surface area contributed by atoms with Gasteiger partial charge in [-0.1, -0.05) is 34.7 Å². The molecule has 0 bridgehead atoms. The van der Waals surface area contributed by atoms with Gasteiger partial charge in [-0.15, -0.1) is 0 Å². The quantitative estimate of drug-likeness (QED) is 0.515. The normalized spacial score (nSPS) is 13.1. The maximum atomic E-state index is 2.45. The van der Waals surface area contributed by atoms with Crippen molar-refractivity contribution in [1.29, 1.82) is 0 Å². The predicted octanol–water partition coefficient (Wildman–Crippen LogP) is 4.10. The zero-order valence-corrected chi connectivity index (χ0v) is 10.9. The van der Waals surface area contributed by atoms with E-state index in [-0.39, 0.29) is 0 Å². The summed E-state index contributed by atoms with van der Waals surface area (Å²) in [6, 6.07) is 6.48. The Hall–Kier alpha value is 0.680. The molecule has 1 rings (SSSR count). The minimum atomic E-state index is 0.613. The van der Waals surface area contributed by atoms with Gasteiger partial charge in [0.2, 0.25) is 0 Å². The molecule has 2 heteroatoms. The first-order valence-electron chi connectivity index (χ1n) is 3.52. The Kier molecular flexibility index (Phi) is 3.61. The second-order valence-electron chi connectivity index (χ2n) is 2.57. The number of hydrogen-bond acceptors (Lipinski definition) is 0. The van der Waals surface area contributed by atoms with Gasteiger partial charge in [0.05, 0.1) is 0 Å². The lowest BCUT2D eigenvalue weighted by molar-refractivity contribution is 1.11. The lowest BCUT2D eigenvalue weighted by Gasteiger charge is -2.08. The summed E-state index contributed by atoms with van der Waals surface area (Å²) in [4.78, 5) is 0. The van der Waals surface area contributed by atoms with E-state index in [1.165, 1.54) is 14.7 Å². The molecule has 0 spiro atoms. The Morgan fingerprint density at radius 1 is 1.36 bits per heavy atom. The van der Waals surface area contributed by atoms with E-state index in [0.29, 0.717) is 3.92 Å². The summed E-state index contributed by atoms with van der Waals surface area (Å²) in [5.41, 5.74) is 2.88. The molecule has 0 saturated carbocycles. The van der Waals surface area contributed by atoms with E-state index in [9.17, 15) is 0 Å². The van der Waals surface area contributed by atoms with E-state index in [0.717, 1.165) is 0 Å². The van der Waals surface area contributed by atoms with Gasteiger partial charge in [0.25, 0.3) is 0 Å². The van der Waals surface area contributed by atoms with Crippen molar-refractivity contribution in [3.63, 3.8) is 0 Å². The summed E-state index contributed by atoms with van der Waals surface area (Å²) < 4.78 is 1.98. The summed E-state index contributed by atoms with van der Waals surface area (Å²) >= 11 is 4.83. The van der Waals surface area contributed by atoms with E-state index in [1.807, 2.05) is 0 Å². The number of benzene rings is 1. The minimum Gasteiger partial charge on any atom is -0.0777 e. The number of alkyl halides is 1. The SMILES string of the molecule is Cc1c(I)cccc1[C@H](C)I. The van der Waals surface area contributed by atoms with Gasteiger partial charge in [0, 0.05) is 7.49 Å². The standard InChI is InChI=1S/C9H10I2/c1-6-8(7(2)10)4-3-5-9(6)11/h3-5,7H,1-2H3/t7-/m0/s1. The molecule has 0 fully saturated rings. The van der Waals surface area contributed by atoms with Gasteiger partial charge >= 0.3 is 0 Å². The zero-order valence-electron chi connectivity index (χ0n) is 6.57. The molecule has 0 nitrogen and oxygen atoms in total. The van der Waals surface area contributed by atoms with E-state index in [1.54, 1.807) is 0 Å². The largest absolute Gasteiger partial charge is 0.0777 e. The average molecular weight is 372 g/mol. The molecular weight excluding hydrogens is 362 g/mol. The molecular formula is C9H10I2. The summed E-state index contributed by atoms with van der Waals surface area (Å²) in [5, 5.41) is 0. The van der Waals surface area contributed by atoms with Crippen LogP contribution in [0.2, 0.25) is 0 Å². The Balaban J connectivity index is 3.17. The van der Waals surface area contributed by atoms with Crippen molar-refractivity contribution in [2.75, 3.05) is 0 Å². The van der Waals surface area contributed by atoms with Crippen LogP contribution in [0.25, 0.3) is 0 Å². The Bertz CT molecular complexity index is 254. The Labute approximate surface area is 95.0 Å². The van der Waals surface area contributed by atoms with Crippen molar-refractivity contribution >= 4 is 45.2 Å². The van der Waals surface area contributed by atoms with Gasteiger partial charge in [-0.2, -0.15) is 0 Å². The first-order valence-corrected chi connectivity index (χ1v) is 5.84. The van der Waals surface area contributed by atoms with Crippen molar-refractivity contribution in [1.82, 2.24) is 0 Å². The van der Waals surface area contributed by atoms with Crippen LogP contribution in [0.3, 0.4) is 0 Å². The van der Waals surface area contributed by atoms with Gasteiger partial charge < -0.3 is 0 Å². The molecule has 0 aromatic heterocycles. The second kappa shape index (κ2) is 4.07. The van der Waals surface area contributed by atoms with Crippen molar-refractivity contribution < 1.29 is 0 Å². The lowest BCUT2D eigenvalue weighted by atomic mass is 10.1. The molecule has 1 atom stereocenters. The van der Waals surface area contributed by atoms with Crippen LogP contribution in [0.5, 0.6) is 0 Å². The maximum absolute atomic E-state index is 2.45. The van der Waals surface area contributed by atoms with Crippen LogP contribution in [0.1, 0.15) is 22.0 Å². The third kappa shape index (κ3) is 2.31. The van der Waals surface area contributed by atoms with Gasteiger partial charge in [-0.25, -0.2) is 0 Å². The van der Waals surface area contributed by atoms with Crippen LogP contribution in [0.4, 0.5) is 0 Å². The molecule has 0 aliphatic rings. The summed E-state index contributed by atoms with van der Waals surface area (Å²) in [6.07, 6.45) is 0. The summed E-state index contributed by atoms with van der Waals surface area (Å²) in [7, 11) is 0. The van der Waals surface area contributed by atoms with Gasteiger partial charge in [-0.05, 0) is 53.6 Å². The highest BCUT2D eigenvalue weighted by Gasteiger charge is 2.05. The van der Waals surface area contributed by atoms with Crippen LogP contribution in [0.15, 0.2) is 18.2 Å². The average Bonchev–Trinajstić information content (AvgIpc) is 1.94. The summed E-state index contributed by atoms with van der Waals surface area (Å²) in [6.45, 7) is 4.41. The molecule has 1 aromatic rings. The Morgan fingerprint density at radius 3 is 2.45 bits per heavy atom. The number of halogens is 2. The molecule has 0 N–H and O–H groups in total. The zero-order chi connectivity index (χ0) is 8.43. The molecule has 0 heterocycles. The summed E-state index contributed by atoms with van der Waals surface area (Å²) in [5.74, 6) is 0. The van der Waals surface area contributed by atoms with Crippen LogP contribution < -0.4 is 0 Å². The smallest absolute Gasteiger partial charge is 0.0334 e. The van der Waals surface area contributed by atoms with Gasteiger partial charge in [0.1, 0.15) is 0 Å². The van der Waals surface area contributed by atoms with E-state index in [2.05, 4.69) is 77.2 Å². The minimum absolute atomic E-state index is 0.613. The predicted molar refractivity (Wildman–Crippen MR) is 66.3 cm³/mol.